The lowest BCUT2D eigenvalue weighted by Crippen LogP contribution is -2.47. The van der Waals surface area contributed by atoms with E-state index in [2.05, 4.69) is 26.4 Å². The summed E-state index contributed by atoms with van der Waals surface area (Å²) in [6.07, 6.45) is 4.04. The molecule has 22 heavy (non-hydrogen) atoms. The first-order chi connectivity index (χ1) is 10.3. The Kier molecular flexibility index (Phi) is 5.55. The summed E-state index contributed by atoms with van der Waals surface area (Å²) in [5, 5.41) is 0. The van der Waals surface area contributed by atoms with Gasteiger partial charge >= 0.3 is 5.97 Å². The van der Waals surface area contributed by atoms with Gasteiger partial charge in [0.05, 0.1) is 13.2 Å². The highest BCUT2D eigenvalue weighted by molar-refractivity contribution is 9.10. The summed E-state index contributed by atoms with van der Waals surface area (Å²) in [5.41, 5.74) is 2.60. The van der Waals surface area contributed by atoms with Crippen LogP contribution >= 0.6 is 15.9 Å². The minimum absolute atomic E-state index is 0.117. The van der Waals surface area contributed by atoms with Crippen molar-refractivity contribution >= 4 is 21.9 Å². The summed E-state index contributed by atoms with van der Waals surface area (Å²) in [4.78, 5) is 21.2. The first kappa shape index (κ1) is 17.3. The number of nitrogens with zero attached hydrogens (tertiary/aromatic N) is 1. The van der Waals surface area contributed by atoms with E-state index in [4.69, 9.17) is 14.3 Å². The molecule has 1 unspecified atom stereocenters. The van der Waals surface area contributed by atoms with Crippen molar-refractivity contribution in [3.05, 3.63) is 28.5 Å². The molecular weight excluding hydrogens is 352 g/mol. The number of carbonyl (C=O) groups excluding carboxylic acids is 1. The molecule has 1 N–H and O–H groups in total. The summed E-state index contributed by atoms with van der Waals surface area (Å²) < 4.78 is 12.1. The Morgan fingerprint density at radius 2 is 2.32 bits per heavy atom. The maximum absolute atomic E-state index is 11.9. The van der Waals surface area contributed by atoms with E-state index >= 15 is 0 Å². The molecule has 0 aromatic carbocycles. The maximum Gasteiger partial charge on any atom is 0.332 e. The van der Waals surface area contributed by atoms with Gasteiger partial charge in [-0.1, -0.05) is 0 Å². The van der Waals surface area contributed by atoms with Gasteiger partial charge in [0.25, 0.3) is 0 Å². The van der Waals surface area contributed by atoms with Crippen molar-refractivity contribution in [3.8, 4) is 0 Å². The van der Waals surface area contributed by atoms with Crippen molar-refractivity contribution in [2.24, 2.45) is 0 Å². The quantitative estimate of drug-likeness (QED) is 0.817. The minimum Gasteiger partial charge on any atom is -0.458 e. The van der Waals surface area contributed by atoms with Gasteiger partial charge in [-0.05, 0) is 42.8 Å². The van der Waals surface area contributed by atoms with E-state index in [-0.39, 0.29) is 12.6 Å². The molecule has 1 atom stereocenters. The van der Waals surface area contributed by atoms with Gasteiger partial charge in [-0.3, -0.25) is 4.98 Å². The Hall–Kier alpha value is -1.02. The second kappa shape index (κ2) is 7.04. The van der Waals surface area contributed by atoms with Gasteiger partial charge in [-0.25, -0.2) is 4.79 Å². The smallest absolute Gasteiger partial charge is 0.332 e. The molecule has 1 fully saturated rings. The fourth-order valence-corrected chi connectivity index (χ4v) is 2.90. The van der Waals surface area contributed by atoms with Crippen LogP contribution in [0.4, 0.5) is 0 Å². The number of nitrogens with one attached hydrogen (secondary N) is 1. The van der Waals surface area contributed by atoms with Crippen LogP contribution in [-0.2, 0) is 24.7 Å². The average Bonchev–Trinajstić information content (AvgIpc) is 2.45. The molecule has 0 spiro atoms. The van der Waals surface area contributed by atoms with E-state index in [1.54, 1.807) is 12.4 Å². The third-order valence-corrected chi connectivity index (χ3v) is 3.85. The molecular formula is C15H21BrN2O4. The first-order valence-electron chi connectivity index (χ1n) is 7.13. The molecule has 6 nitrogen and oxygen atoms in total. The van der Waals surface area contributed by atoms with Crippen molar-refractivity contribution in [2.75, 3.05) is 19.8 Å². The molecule has 0 radical (unpaired) electrons. The molecule has 0 saturated carbocycles. The standard InChI is InChI=1S/C15H21BrN2O4/c1-14(2,3)22-13(19)9-20-15(5-7-21-18-10-15)11-4-6-17-8-12(11)16/h4,6,8,18H,5,7,9-10H2,1-3H3. The number of hydrogen-bond acceptors (Lipinski definition) is 6. The fourth-order valence-electron chi connectivity index (χ4n) is 2.29. The second-order valence-electron chi connectivity index (χ2n) is 6.14. The van der Waals surface area contributed by atoms with Crippen LogP contribution in [0.2, 0.25) is 0 Å². The van der Waals surface area contributed by atoms with Gasteiger partial charge in [0, 0.05) is 28.9 Å². The number of pyridine rings is 1. The highest BCUT2D eigenvalue weighted by atomic mass is 79.9. The van der Waals surface area contributed by atoms with Gasteiger partial charge in [0.2, 0.25) is 0 Å². The SMILES string of the molecule is CC(C)(C)OC(=O)COC1(c2ccncc2Br)CCONC1. The van der Waals surface area contributed by atoms with Gasteiger partial charge in [-0.2, -0.15) is 5.48 Å². The Balaban J connectivity index is 2.13. The molecule has 7 heteroatoms. The van der Waals surface area contributed by atoms with Crippen LogP contribution in [0.1, 0.15) is 32.8 Å². The normalized spacial score (nSPS) is 22.4. The molecule has 2 heterocycles. The maximum atomic E-state index is 11.9. The lowest BCUT2D eigenvalue weighted by atomic mass is 9.90. The van der Waals surface area contributed by atoms with Gasteiger partial charge in [0.1, 0.15) is 17.8 Å². The molecule has 1 aromatic heterocycles. The molecule has 0 bridgehead atoms. The summed E-state index contributed by atoms with van der Waals surface area (Å²) >= 11 is 3.50. The third-order valence-electron chi connectivity index (χ3n) is 3.22. The molecule has 0 amide bonds. The Labute approximate surface area is 138 Å². The monoisotopic (exact) mass is 372 g/mol. The van der Waals surface area contributed by atoms with Crippen LogP contribution in [0.15, 0.2) is 22.9 Å². The van der Waals surface area contributed by atoms with Gasteiger partial charge in [-0.15, -0.1) is 0 Å². The Morgan fingerprint density at radius 1 is 1.55 bits per heavy atom. The predicted octanol–water partition coefficient (Wildman–Crippen LogP) is 2.32. The second-order valence-corrected chi connectivity index (χ2v) is 7.00. The molecule has 2 rings (SSSR count). The number of aromatic nitrogens is 1. The zero-order valence-electron chi connectivity index (χ0n) is 13.0. The largest absolute Gasteiger partial charge is 0.458 e. The lowest BCUT2D eigenvalue weighted by Gasteiger charge is -2.38. The number of esters is 1. The molecule has 1 aliphatic heterocycles. The van der Waals surface area contributed by atoms with Crippen molar-refractivity contribution < 1.29 is 19.1 Å². The van der Waals surface area contributed by atoms with Gasteiger partial charge < -0.3 is 14.3 Å². The van der Waals surface area contributed by atoms with E-state index in [9.17, 15) is 4.79 Å². The first-order valence-corrected chi connectivity index (χ1v) is 7.92. The number of halogens is 1. The van der Waals surface area contributed by atoms with Crippen LogP contribution in [0.25, 0.3) is 0 Å². The van der Waals surface area contributed by atoms with Crippen LogP contribution in [-0.4, -0.2) is 36.3 Å². The van der Waals surface area contributed by atoms with Crippen LogP contribution in [0.5, 0.6) is 0 Å². The molecule has 0 aliphatic carbocycles. The van der Waals surface area contributed by atoms with Crippen LogP contribution < -0.4 is 5.48 Å². The Morgan fingerprint density at radius 3 is 2.91 bits per heavy atom. The summed E-state index contributed by atoms with van der Waals surface area (Å²) in [5.74, 6) is -0.386. The summed E-state index contributed by atoms with van der Waals surface area (Å²) in [6, 6.07) is 1.88. The third kappa shape index (κ3) is 4.49. The highest BCUT2D eigenvalue weighted by Gasteiger charge is 2.38. The van der Waals surface area contributed by atoms with E-state index < -0.39 is 11.2 Å². The lowest BCUT2D eigenvalue weighted by molar-refractivity contribution is -0.178. The van der Waals surface area contributed by atoms with Crippen molar-refractivity contribution in [3.63, 3.8) is 0 Å². The van der Waals surface area contributed by atoms with E-state index in [0.29, 0.717) is 19.6 Å². The number of rotatable bonds is 4. The van der Waals surface area contributed by atoms with E-state index in [1.807, 2.05) is 26.8 Å². The molecule has 1 aromatic rings. The fraction of sp³-hybridized carbons (Fsp3) is 0.600. The van der Waals surface area contributed by atoms with E-state index in [0.717, 1.165) is 10.0 Å². The van der Waals surface area contributed by atoms with Crippen molar-refractivity contribution in [1.29, 1.82) is 0 Å². The minimum atomic E-state index is -0.656. The number of hydroxylamine groups is 1. The topological polar surface area (TPSA) is 69.7 Å². The Bertz CT molecular complexity index is 525. The van der Waals surface area contributed by atoms with Crippen molar-refractivity contribution in [1.82, 2.24) is 10.5 Å². The summed E-state index contributed by atoms with van der Waals surface area (Å²) in [6.45, 7) is 6.30. The molecule has 1 aliphatic rings. The zero-order valence-corrected chi connectivity index (χ0v) is 14.6. The van der Waals surface area contributed by atoms with E-state index in [1.165, 1.54) is 0 Å². The highest BCUT2D eigenvalue weighted by Crippen LogP contribution is 2.35. The van der Waals surface area contributed by atoms with Gasteiger partial charge in [0.15, 0.2) is 0 Å². The zero-order chi connectivity index (χ0) is 16.2. The van der Waals surface area contributed by atoms with Crippen LogP contribution in [0, 0.1) is 0 Å². The number of hydrogen-bond donors (Lipinski definition) is 1. The predicted molar refractivity (Wildman–Crippen MR) is 84.0 cm³/mol. The van der Waals surface area contributed by atoms with Crippen molar-refractivity contribution in [2.45, 2.75) is 38.4 Å². The average molecular weight is 373 g/mol. The number of carbonyl (C=O) groups is 1. The molecule has 122 valence electrons. The van der Waals surface area contributed by atoms with Crippen LogP contribution in [0.3, 0.4) is 0 Å². The number of ether oxygens (including phenoxy) is 2. The summed E-state index contributed by atoms with van der Waals surface area (Å²) in [7, 11) is 0. The molecule has 1 saturated heterocycles.